The molecule has 0 saturated carbocycles. The summed E-state index contributed by atoms with van der Waals surface area (Å²) in [5.74, 6) is 1.10. The summed E-state index contributed by atoms with van der Waals surface area (Å²) in [6.07, 6.45) is 11.0. The average molecular weight is 394 g/mol. The zero-order valence-corrected chi connectivity index (χ0v) is 17.3. The van der Waals surface area contributed by atoms with Crippen molar-refractivity contribution in [3.8, 4) is 0 Å². The van der Waals surface area contributed by atoms with Gasteiger partial charge in [-0.3, -0.25) is 9.78 Å². The van der Waals surface area contributed by atoms with Gasteiger partial charge in [0.1, 0.15) is 5.82 Å². The van der Waals surface area contributed by atoms with Gasteiger partial charge in [-0.05, 0) is 43.7 Å². The Balaban J connectivity index is 1.42. The standard InChI is InChI=1S/C23H31N5O/c1-26(17-19-8-3-4-10-21(19)27-13-5-2-6-14-27)23(29)20-9-7-15-28(18-20)22-16-24-11-12-25-22/h3-4,8,10-12,16,20H,2,5-7,9,13-15,17-18H2,1H3. The van der Waals surface area contributed by atoms with Crippen LogP contribution < -0.4 is 9.80 Å². The summed E-state index contributed by atoms with van der Waals surface area (Å²) in [5, 5.41) is 0. The Bertz CT molecular complexity index is 806. The van der Waals surface area contributed by atoms with Crippen LogP contribution in [0.3, 0.4) is 0 Å². The Kier molecular flexibility index (Phi) is 6.27. The van der Waals surface area contributed by atoms with Gasteiger partial charge in [0, 0.05) is 57.9 Å². The van der Waals surface area contributed by atoms with E-state index in [1.807, 2.05) is 11.9 Å². The van der Waals surface area contributed by atoms with Gasteiger partial charge in [-0.2, -0.15) is 0 Å². The molecule has 2 aliphatic rings. The molecule has 154 valence electrons. The van der Waals surface area contributed by atoms with Crippen molar-refractivity contribution in [1.82, 2.24) is 14.9 Å². The van der Waals surface area contributed by atoms with Crippen LogP contribution in [-0.4, -0.2) is 54.0 Å². The van der Waals surface area contributed by atoms with Gasteiger partial charge < -0.3 is 14.7 Å². The predicted molar refractivity (Wildman–Crippen MR) is 116 cm³/mol. The van der Waals surface area contributed by atoms with Crippen LogP contribution in [0.5, 0.6) is 0 Å². The minimum absolute atomic E-state index is 0.0119. The third-order valence-corrected chi connectivity index (χ3v) is 6.12. The average Bonchev–Trinajstić information content (AvgIpc) is 2.80. The Morgan fingerprint density at radius 1 is 1.07 bits per heavy atom. The van der Waals surface area contributed by atoms with Gasteiger partial charge in [-0.1, -0.05) is 18.2 Å². The van der Waals surface area contributed by atoms with Crippen LogP contribution in [-0.2, 0) is 11.3 Å². The van der Waals surface area contributed by atoms with Crippen molar-refractivity contribution >= 4 is 17.4 Å². The molecule has 2 saturated heterocycles. The number of benzene rings is 1. The fourth-order valence-corrected chi connectivity index (χ4v) is 4.57. The number of aromatic nitrogens is 2. The number of carbonyl (C=O) groups excluding carboxylic acids is 1. The summed E-state index contributed by atoms with van der Waals surface area (Å²) in [7, 11) is 1.94. The number of anilines is 2. The van der Waals surface area contributed by atoms with Crippen molar-refractivity contribution in [3.63, 3.8) is 0 Å². The quantitative estimate of drug-likeness (QED) is 0.780. The van der Waals surface area contributed by atoms with Crippen molar-refractivity contribution in [2.45, 2.75) is 38.6 Å². The highest BCUT2D eigenvalue weighted by Crippen LogP contribution is 2.27. The van der Waals surface area contributed by atoms with Crippen LogP contribution >= 0.6 is 0 Å². The van der Waals surface area contributed by atoms with Crippen LogP contribution in [0, 0.1) is 5.92 Å². The second kappa shape index (κ2) is 9.25. The number of rotatable bonds is 5. The number of nitrogens with zero attached hydrogens (tertiary/aromatic N) is 5. The number of para-hydroxylation sites is 1. The molecular formula is C23H31N5O. The molecule has 6 nitrogen and oxygen atoms in total. The number of amides is 1. The third kappa shape index (κ3) is 4.69. The molecule has 1 amide bonds. The van der Waals surface area contributed by atoms with Crippen molar-refractivity contribution < 1.29 is 4.79 Å². The fourth-order valence-electron chi connectivity index (χ4n) is 4.57. The maximum atomic E-state index is 13.2. The van der Waals surface area contributed by atoms with E-state index >= 15 is 0 Å². The highest BCUT2D eigenvalue weighted by atomic mass is 16.2. The summed E-state index contributed by atoms with van der Waals surface area (Å²) >= 11 is 0. The lowest BCUT2D eigenvalue weighted by Gasteiger charge is -2.35. The normalized spacial score (nSPS) is 19.8. The molecular weight excluding hydrogens is 362 g/mol. The second-order valence-electron chi connectivity index (χ2n) is 8.22. The zero-order chi connectivity index (χ0) is 20.1. The molecule has 2 fully saturated rings. The lowest BCUT2D eigenvalue weighted by molar-refractivity contribution is -0.135. The number of hydrogen-bond acceptors (Lipinski definition) is 5. The maximum Gasteiger partial charge on any atom is 0.227 e. The van der Waals surface area contributed by atoms with Crippen molar-refractivity contribution in [3.05, 3.63) is 48.4 Å². The first-order valence-corrected chi connectivity index (χ1v) is 10.8. The van der Waals surface area contributed by atoms with Crippen LogP contribution in [0.1, 0.15) is 37.7 Å². The summed E-state index contributed by atoms with van der Waals surface area (Å²) in [4.78, 5) is 28.4. The molecule has 6 heteroatoms. The second-order valence-corrected chi connectivity index (χ2v) is 8.22. The van der Waals surface area contributed by atoms with Gasteiger partial charge in [0.05, 0.1) is 12.1 Å². The van der Waals surface area contributed by atoms with Crippen LogP contribution in [0.4, 0.5) is 11.5 Å². The fraction of sp³-hybridized carbons (Fsp3) is 0.522. The van der Waals surface area contributed by atoms with E-state index in [4.69, 9.17) is 0 Å². The molecule has 0 aliphatic carbocycles. The summed E-state index contributed by atoms with van der Waals surface area (Å²) in [5.41, 5.74) is 2.53. The monoisotopic (exact) mass is 393 g/mol. The molecule has 1 aromatic carbocycles. The van der Waals surface area contributed by atoms with Gasteiger partial charge in [0.2, 0.25) is 5.91 Å². The van der Waals surface area contributed by atoms with Crippen molar-refractivity contribution in [2.75, 3.05) is 43.0 Å². The number of carbonyl (C=O) groups is 1. The molecule has 29 heavy (non-hydrogen) atoms. The Morgan fingerprint density at radius 3 is 2.66 bits per heavy atom. The Hall–Kier alpha value is -2.63. The van der Waals surface area contributed by atoms with E-state index in [1.165, 1.54) is 30.5 Å². The smallest absolute Gasteiger partial charge is 0.227 e. The topological polar surface area (TPSA) is 52.6 Å². The molecule has 4 rings (SSSR count). The Morgan fingerprint density at radius 2 is 1.86 bits per heavy atom. The van der Waals surface area contributed by atoms with E-state index in [9.17, 15) is 4.79 Å². The molecule has 2 aromatic rings. The van der Waals surface area contributed by atoms with E-state index in [2.05, 4.69) is 44.0 Å². The first-order chi connectivity index (χ1) is 14.2. The highest BCUT2D eigenvalue weighted by Gasteiger charge is 2.29. The number of hydrogen-bond donors (Lipinski definition) is 0. The van der Waals surface area contributed by atoms with E-state index in [0.717, 1.165) is 44.8 Å². The van der Waals surface area contributed by atoms with E-state index in [1.54, 1.807) is 18.6 Å². The van der Waals surface area contributed by atoms with Crippen molar-refractivity contribution in [2.24, 2.45) is 5.92 Å². The summed E-state index contributed by atoms with van der Waals surface area (Å²) < 4.78 is 0. The molecule has 0 spiro atoms. The Labute approximate surface area is 173 Å². The molecule has 0 N–H and O–H groups in total. The largest absolute Gasteiger partial charge is 0.371 e. The summed E-state index contributed by atoms with van der Waals surface area (Å²) in [6, 6.07) is 8.56. The zero-order valence-electron chi connectivity index (χ0n) is 17.3. The van der Waals surface area contributed by atoms with Gasteiger partial charge in [0.25, 0.3) is 0 Å². The molecule has 3 heterocycles. The van der Waals surface area contributed by atoms with Crippen LogP contribution in [0.2, 0.25) is 0 Å². The van der Waals surface area contributed by atoms with E-state index in [0.29, 0.717) is 6.54 Å². The maximum absolute atomic E-state index is 13.2. The minimum atomic E-state index is 0.0119. The molecule has 0 radical (unpaired) electrons. The van der Waals surface area contributed by atoms with Crippen molar-refractivity contribution in [1.29, 1.82) is 0 Å². The van der Waals surface area contributed by atoms with Gasteiger partial charge in [-0.25, -0.2) is 4.98 Å². The third-order valence-electron chi connectivity index (χ3n) is 6.12. The van der Waals surface area contributed by atoms with Gasteiger partial charge >= 0.3 is 0 Å². The first-order valence-electron chi connectivity index (χ1n) is 10.8. The molecule has 1 aromatic heterocycles. The van der Waals surface area contributed by atoms with Gasteiger partial charge in [0.15, 0.2) is 0 Å². The van der Waals surface area contributed by atoms with E-state index < -0.39 is 0 Å². The molecule has 1 unspecified atom stereocenters. The first kappa shape index (κ1) is 19.7. The van der Waals surface area contributed by atoms with E-state index in [-0.39, 0.29) is 11.8 Å². The summed E-state index contributed by atoms with van der Waals surface area (Å²) in [6.45, 7) is 4.54. The lowest BCUT2D eigenvalue weighted by atomic mass is 9.96. The minimum Gasteiger partial charge on any atom is -0.371 e. The van der Waals surface area contributed by atoms with Gasteiger partial charge in [-0.15, -0.1) is 0 Å². The predicted octanol–water partition coefficient (Wildman–Crippen LogP) is 3.34. The van der Waals surface area contributed by atoms with Crippen LogP contribution in [0.15, 0.2) is 42.9 Å². The molecule has 0 bridgehead atoms. The highest BCUT2D eigenvalue weighted by molar-refractivity contribution is 5.79. The number of piperidine rings is 2. The van der Waals surface area contributed by atoms with Crippen LogP contribution in [0.25, 0.3) is 0 Å². The molecule has 2 aliphatic heterocycles. The molecule has 1 atom stereocenters. The lowest BCUT2D eigenvalue weighted by Crippen LogP contribution is -2.44. The SMILES string of the molecule is CN(Cc1ccccc1N1CCCCC1)C(=O)C1CCCN(c2cnccn2)C1.